The number of hydrogen-bond acceptors (Lipinski definition) is 2. The molecule has 1 aromatic rings. The molecule has 0 spiro atoms. The van der Waals surface area contributed by atoms with Crippen LogP contribution in [-0.4, -0.2) is 12.4 Å². The summed E-state index contributed by atoms with van der Waals surface area (Å²) >= 11 is 0. The summed E-state index contributed by atoms with van der Waals surface area (Å²) < 4.78 is 5.42. The zero-order valence-electron chi connectivity index (χ0n) is 8.96. The summed E-state index contributed by atoms with van der Waals surface area (Å²) in [5.74, 6) is 0.982. The van der Waals surface area contributed by atoms with Crippen molar-refractivity contribution in [3.8, 4) is 5.75 Å². The highest BCUT2D eigenvalue weighted by atomic mass is 16.5. The normalized spacial score (nSPS) is 9.93. The third kappa shape index (κ3) is 2.13. The van der Waals surface area contributed by atoms with Gasteiger partial charge in [-0.15, -0.1) is 0 Å². The molecule has 2 heteroatoms. The van der Waals surface area contributed by atoms with Gasteiger partial charge in [0.05, 0.1) is 6.61 Å². The minimum Gasteiger partial charge on any atom is -0.494 e. The number of hydrogen-bond donors (Lipinski definition) is 0. The number of rotatable bonds is 4. The van der Waals surface area contributed by atoms with E-state index < -0.39 is 0 Å². The van der Waals surface area contributed by atoms with Crippen LogP contribution in [0.1, 0.15) is 36.2 Å². The van der Waals surface area contributed by atoms with Crippen LogP contribution in [0.3, 0.4) is 0 Å². The van der Waals surface area contributed by atoms with E-state index in [1.807, 2.05) is 39.0 Å². The maximum Gasteiger partial charge on any atom is 0.163 e. The minimum atomic E-state index is 0.170. The maximum absolute atomic E-state index is 11.5. The number of ketones is 1. The van der Waals surface area contributed by atoms with Gasteiger partial charge in [-0.25, -0.2) is 0 Å². The Morgan fingerprint density at radius 2 is 2.07 bits per heavy atom. The highest BCUT2D eigenvalue weighted by molar-refractivity contribution is 5.97. The molecule has 2 nitrogen and oxygen atoms in total. The molecule has 0 aromatic heterocycles. The average Bonchev–Trinajstić information content (AvgIpc) is 2.20. The zero-order chi connectivity index (χ0) is 10.6. The number of Topliss-reactive ketones (excluding diaryl/α,β-unsaturated/α-hetero) is 1. The van der Waals surface area contributed by atoms with E-state index in [2.05, 4.69) is 0 Å². The molecule has 0 saturated heterocycles. The Morgan fingerprint density at radius 1 is 1.36 bits per heavy atom. The summed E-state index contributed by atoms with van der Waals surface area (Å²) in [6, 6.07) is 5.61. The monoisotopic (exact) mass is 192 g/mol. The van der Waals surface area contributed by atoms with Crippen LogP contribution in [-0.2, 0) is 0 Å². The predicted molar refractivity (Wildman–Crippen MR) is 57.0 cm³/mol. The third-order valence-corrected chi connectivity index (χ3v) is 2.21. The fourth-order valence-corrected chi connectivity index (χ4v) is 1.42. The van der Waals surface area contributed by atoms with Gasteiger partial charge in [-0.1, -0.05) is 19.1 Å². The van der Waals surface area contributed by atoms with Crippen molar-refractivity contribution in [2.75, 3.05) is 6.61 Å². The van der Waals surface area contributed by atoms with Crippen molar-refractivity contribution in [3.05, 3.63) is 29.3 Å². The second kappa shape index (κ2) is 4.80. The second-order valence-electron chi connectivity index (χ2n) is 3.14. The molecule has 0 N–H and O–H groups in total. The summed E-state index contributed by atoms with van der Waals surface area (Å²) in [5.41, 5.74) is 1.72. The molecule has 1 rings (SSSR count). The molecule has 0 heterocycles. The summed E-state index contributed by atoms with van der Waals surface area (Å²) in [4.78, 5) is 11.5. The van der Waals surface area contributed by atoms with Crippen LogP contribution in [0.4, 0.5) is 0 Å². The van der Waals surface area contributed by atoms with E-state index >= 15 is 0 Å². The van der Waals surface area contributed by atoms with Crippen LogP contribution < -0.4 is 4.74 Å². The van der Waals surface area contributed by atoms with E-state index in [0.29, 0.717) is 13.0 Å². The first-order valence-corrected chi connectivity index (χ1v) is 4.96. The van der Waals surface area contributed by atoms with Crippen LogP contribution >= 0.6 is 0 Å². The Labute approximate surface area is 84.9 Å². The topological polar surface area (TPSA) is 26.3 Å². The zero-order valence-corrected chi connectivity index (χ0v) is 8.96. The fourth-order valence-electron chi connectivity index (χ4n) is 1.42. The minimum absolute atomic E-state index is 0.170. The molecular formula is C12H16O2. The van der Waals surface area contributed by atoms with Gasteiger partial charge in [0.25, 0.3) is 0 Å². The second-order valence-corrected chi connectivity index (χ2v) is 3.14. The van der Waals surface area contributed by atoms with Crippen LogP contribution in [0.25, 0.3) is 0 Å². The molecule has 0 atom stereocenters. The largest absolute Gasteiger partial charge is 0.494 e. The van der Waals surface area contributed by atoms with Crippen LogP contribution in [0.2, 0.25) is 0 Å². The van der Waals surface area contributed by atoms with Gasteiger partial charge in [0.2, 0.25) is 0 Å². The number of benzene rings is 1. The van der Waals surface area contributed by atoms with Crippen molar-refractivity contribution in [3.63, 3.8) is 0 Å². The number of carbonyl (C=O) groups is 1. The van der Waals surface area contributed by atoms with E-state index in [1.165, 1.54) is 0 Å². The quantitative estimate of drug-likeness (QED) is 0.685. The lowest BCUT2D eigenvalue weighted by Gasteiger charge is -2.09. The summed E-state index contributed by atoms with van der Waals surface area (Å²) in [5, 5.41) is 0. The van der Waals surface area contributed by atoms with Gasteiger partial charge < -0.3 is 4.74 Å². The smallest absolute Gasteiger partial charge is 0.163 e. The number of ether oxygens (including phenoxy) is 1. The van der Waals surface area contributed by atoms with Gasteiger partial charge in [0, 0.05) is 17.5 Å². The van der Waals surface area contributed by atoms with Crippen LogP contribution in [0.15, 0.2) is 18.2 Å². The van der Waals surface area contributed by atoms with E-state index in [9.17, 15) is 4.79 Å². The first-order chi connectivity index (χ1) is 6.70. The first-order valence-electron chi connectivity index (χ1n) is 4.96. The number of carbonyl (C=O) groups excluding carboxylic acids is 1. The molecule has 0 unspecified atom stereocenters. The maximum atomic E-state index is 11.5. The molecule has 0 aliphatic rings. The van der Waals surface area contributed by atoms with E-state index in [1.54, 1.807) is 0 Å². The SMILES string of the molecule is CCOc1cccc(C(=O)CC)c1C. The van der Waals surface area contributed by atoms with Crippen molar-refractivity contribution in [1.29, 1.82) is 0 Å². The van der Waals surface area contributed by atoms with Crippen molar-refractivity contribution >= 4 is 5.78 Å². The average molecular weight is 192 g/mol. The summed E-state index contributed by atoms with van der Waals surface area (Å²) in [6.07, 6.45) is 0.538. The Bertz CT molecular complexity index is 329. The van der Waals surface area contributed by atoms with Crippen molar-refractivity contribution in [2.45, 2.75) is 27.2 Å². The molecule has 1 aromatic carbocycles. The molecule has 0 aliphatic carbocycles. The lowest BCUT2D eigenvalue weighted by molar-refractivity contribution is 0.0987. The summed E-state index contributed by atoms with van der Waals surface area (Å²) in [7, 11) is 0. The van der Waals surface area contributed by atoms with Crippen LogP contribution in [0, 0.1) is 6.92 Å². The molecular weight excluding hydrogens is 176 g/mol. The standard InChI is InChI=1S/C12H16O2/c1-4-11(13)10-7-6-8-12(9(10)3)14-5-2/h6-8H,4-5H2,1-3H3. The van der Waals surface area contributed by atoms with Gasteiger partial charge in [0.15, 0.2) is 5.78 Å². The Balaban J connectivity index is 3.07. The van der Waals surface area contributed by atoms with Gasteiger partial charge in [-0.2, -0.15) is 0 Å². The first kappa shape index (κ1) is 10.8. The van der Waals surface area contributed by atoms with Gasteiger partial charge in [-0.05, 0) is 19.9 Å². The fraction of sp³-hybridized carbons (Fsp3) is 0.417. The molecule has 0 radical (unpaired) electrons. The van der Waals surface area contributed by atoms with E-state index in [4.69, 9.17) is 4.74 Å². The Morgan fingerprint density at radius 3 is 2.64 bits per heavy atom. The van der Waals surface area contributed by atoms with Gasteiger partial charge in [-0.3, -0.25) is 4.79 Å². The van der Waals surface area contributed by atoms with Crippen LogP contribution in [0.5, 0.6) is 5.75 Å². The lowest BCUT2D eigenvalue weighted by atomic mass is 10.0. The molecule has 76 valence electrons. The van der Waals surface area contributed by atoms with E-state index in [-0.39, 0.29) is 5.78 Å². The summed E-state index contributed by atoms with van der Waals surface area (Å²) in [6.45, 7) is 6.36. The lowest BCUT2D eigenvalue weighted by Crippen LogP contribution is -2.02. The van der Waals surface area contributed by atoms with Crippen molar-refractivity contribution in [2.24, 2.45) is 0 Å². The molecule has 0 saturated carbocycles. The molecule has 14 heavy (non-hydrogen) atoms. The predicted octanol–water partition coefficient (Wildman–Crippen LogP) is 2.99. The van der Waals surface area contributed by atoms with Crippen molar-refractivity contribution in [1.82, 2.24) is 0 Å². The molecule has 0 aliphatic heterocycles. The van der Waals surface area contributed by atoms with E-state index in [0.717, 1.165) is 16.9 Å². The Kier molecular flexibility index (Phi) is 3.69. The highest BCUT2D eigenvalue weighted by Crippen LogP contribution is 2.22. The molecule has 0 fully saturated rings. The van der Waals surface area contributed by atoms with Gasteiger partial charge >= 0.3 is 0 Å². The van der Waals surface area contributed by atoms with Gasteiger partial charge in [0.1, 0.15) is 5.75 Å². The molecule has 0 bridgehead atoms. The Hall–Kier alpha value is -1.31. The molecule has 0 amide bonds. The van der Waals surface area contributed by atoms with Crippen molar-refractivity contribution < 1.29 is 9.53 Å². The highest BCUT2D eigenvalue weighted by Gasteiger charge is 2.09. The third-order valence-electron chi connectivity index (χ3n) is 2.21.